The first-order valence-corrected chi connectivity index (χ1v) is 8.69. The number of hydrogen-bond acceptors (Lipinski definition) is 3. The molecule has 0 spiro atoms. The lowest BCUT2D eigenvalue weighted by atomic mass is 9.94. The molecule has 1 aromatic heterocycles. The van der Waals surface area contributed by atoms with Gasteiger partial charge in [0.05, 0.1) is 5.01 Å². The molecule has 0 aliphatic heterocycles. The van der Waals surface area contributed by atoms with Gasteiger partial charge in [-0.2, -0.15) is 0 Å². The highest BCUT2D eigenvalue weighted by atomic mass is 32.1. The van der Waals surface area contributed by atoms with Crippen molar-refractivity contribution in [1.82, 2.24) is 10.3 Å². The Balaban J connectivity index is 1.94. The molecule has 0 bridgehead atoms. The molecule has 1 heterocycles. The maximum Gasteiger partial charge on any atom is 0.0928 e. The van der Waals surface area contributed by atoms with E-state index < -0.39 is 0 Å². The fraction of sp³-hybridized carbons (Fsp3) is 0.500. The largest absolute Gasteiger partial charge is 0.316 e. The quantitative estimate of drug-likeness (QED) is 0.781. The van der Waals surface area contributed by atoms with Crippen molar-refractivity contribution in [3.05, 3.63) is 52.0 Å². The van der Waals surface area contributed by atoms with E-state index in [0.717, 1.165) is 31.6 Å². The number of aromatic nitrogens is 1. The van der Waals surface area contributed by atoms with Crippen molar-refractivity contribution in [2.45, 2.75) is 39.5 Å². The summed E-state index contributed by atoms with van der Waals surface area (Å²) in [6.07, 6.45) is 2.23. The van der Waals surface area contributed by atoms with E-state index in [2.05, 4.69) is 66.8 Å². The molecular formula is C18H26N2S. The Kier molecular flexibility index (Phi) is 6.40. The molecule has 3 heteroatoms. The minimum Gasteiger partial charge on any atom is -0.316 e. The lowest BCUT2D eigenvalue weighted by molar-refractivity contribution is 0.500. The van der Waals surface area contributed by atoms with Gasteiger partial charge in [-0.05, 0) is 43.7 Å². The number of aryl methyl sites for hydroxylation is 2. The van der Waals surface area contributed by atoms with E-state index in [9.17, 15) is 0 Å². The second-order valence-corrected chi connectivity index (χ2v) is 7.02. The summed E-state index contributed by atoms with van der Waals surface area (Å²) >= 11 is 1.78. The van der Waals surface area contributed by atoms with Gasteiger partial charge < -0.3 is 5.32 Å². The first-order valence-electron chi connectivity index (χ1n) is 7.82. The van der Waals surface area contributed by atoms with E-state index in [1.165, 1.54) is 10.6 Å². The Labute approximate surface area is 132 Å². The molecule has 0 aliphatic rings. The van der Waals surface area contributed by atoms with E-state index in [1.54, 1.807) is 11.3 Å². The molecule has 2 nitrogen and oxygen atoms in total. The van der Waals surface area contributed by atoms with E-state index in [0.29, 0.717) is 11.8 Å². The zero-order valence-corrected chi connectivity index (χ0v) is 14.1. The third-order valence-corrected chi connectivity index (χ3v) is 4.61. The summed E-state index contributed by atoms with van der Waals surface area (Å²) in [6.45, 7) is 8.71. The summed E-state index contributed by atoms with van der Waals surface area (Å²) in [4.78, 5) is 4.58. The van der Waals surface area contributed by atoms with Crippen LogP contribution in [0.4, 0.5) is 0 Å². The van der Waals surface area contributed by atoms with Gasteiger partial charge in [0.15, 0.2) is 0 Å². The first kappa shape index (κ1) is 16.2. The van der Waals surface area contributed by atoms with Crippen LogP contribution in [0, 0.1) is 12.8 Å². The van der Waals surface area contributed by atoms with Crippen LogP contribution in [0.15, 0.2) is 35.7 Å². The van der Waals surface area contributed by atoms with Crippen molar-refractivity contribution >= 4 is 11.3 Å². The third-order valence-electron chi connectivity index (χ3n) is 3.59. The van der Waals surface area contributed by atoms with Gasteiger partial charge in [0.1, 0.15) is 0 Å². The normalized spacial score (nSPS) is 12.8. The molecule has 0 saturated heterocycles. The van der Waals surface area contributed by atoms with Gasteiger partial charge in [0.25, 0.3) is 0 Å². The zero-order chi connectivity index (χ0) is 15.1. The topological polar surface area (TPSA) is 24.9 Å². The highest BCUT2D eigenvalue weighted by Gasteiger charge is 2.12. The first-order chi connectivity index (χ1) is 10.1. The molecule has 1 aromatic carbocycles. The molecule has 0 fully saturated rings. The predicted octanol–water partition coefficient (Wildman–Crippen LogP) is 4.41. The molecule has 0 aliphatic carbocycles. The zero-order valence-electron chi connectivity index (χ0n) is 13.3. The number of hydrogen-bond donors (Lipinski definition) is 1. The lowest BCUT2D eigenvalue weighted by Crippen LogP contribution is -2.25. The molecule has 2 aromatic rings. The number of thiazole rings is 1. The standard InChI is InChI=1S/C18H26N2S/c1-14(2)11-19-12-17(16-7-5-4-6-8-16)9-10-18-20-15(3)13-21-18/h4-8,13-14,17,19H,9-12H2,1-3H3. The second-order valence-electron chi connectivity index (χ2n) is 6.08. The Morgan fingerprint density at radius 2 is 1.90 bits per heavy atom. The molecule has 21 heavy (non-hydrogen) atoms. The summed E-state index contributed by atoms with van der Waals surface area (Å²) in [5, 5.41) is 7.01. The van der Waals surface area contributed by atoms with Crippen LogP contribution in [-0.2, 0) is 6.42 Å². The van der Waals surface area contributed by atoms with Gasteiger partial charge in [-0.1, -0.05) is 44.2 Å². The Morgan fingerprint density at radius 3 is 2.52 bits per heavy atom. The van der Waals surface area contributed by atoms with E-state index in [4.69, 9.17) is 0 Å². The molecule has 1 N–H and O–H groups in total. The Bertz CT molecular complexity index is 519. The summed E-state index contributed by atoms with van der Waals surface area (Å²) in [5.74, 6) is 1.26. The van der Waals surface area contributed by atoms with Gasteiger partial charge in [0, 0.05) is 17.6 Å². The molecule has 114 valence electrons. The van der Waals surface area contributed by atoms with Crippen molar-refractivity contribution in [2.24, 2.45) is 5.92 Å². The van der Waals surface area contributed by atoms with Crippen LogP contribution in [0.1, 0.15) is 42.5 Å². The summed E-state index contributed by atoms with van der Waals surface area (Å²) < 4.78 is 0. The van der Waals surface area contributed by atoms with Crippen LogP contribution in [0.5, 0.6) is 0 Å². The number of nitrogens with one attached hydrogen (secondary N) is 1. The summed E-state index contributed by atoms with van der Waals surface area (Å²) in [7, 11) is 0. The fourth-order valence-corrected chi connectivity index (χ4v) is 3.26. The molecular weight excluding hydrogens is 276 g/mol. The van der Waals surface area contributed by atoms with Gasteiger partial charge in [-0.15, -0.1) is 11.3 Å². The monoisotopic (exact) mass is 302 g/mol. The molecule has 0 radical (unpaired) electrons. The predicted molar refractivity (Wildman–Crippen MR) is 92.1 cm³/mol. The van der Waals surface area contributed by atoms with Gasteiger partial charge in [-0.3, -0.25) is 0 Å². The SMILES string of the molecule is Cc1csc(CCC(CNCC(C)C)c2ccccc2)n1. The van der Waals surface area contributed by atoms with E-state index in [-0.39, 0.29) is 0 Å². The Morgan fingerprint density at radius 1 is 1.14 bits per heavy atom. The average Bonchev–Trinajstić information content (AvgIpc) is 2.89. The van der Waals surface area contributed by atoms with Crippen LogP contribution in [0.25, 0.3) is 0 Å². The van der Waals surface area contributed by atoms with Crippen molar-refractivity contribution in [3.8, 4) is 0 Å². The number of benzene rings is 1. The van der Waals surface area contributed by atoms with Crippen molar-refractivity contribution in [3.63, 3.8) is 0 Å². The maximum absolute atomic E-state index is 4.58. The number of nitrogens with zero attached hydrogens (tertiary/aromatic N) is 1. The highest BCUT2D eigenvalue weighted by Crippen LogP contribution is 2.22. The molecule has 0 amide bonds. The van der Waals surface area contributed by atoms with Gasteiger partial charge >= 0.3 is 0 Å². The molecule has 1 unspecified atom stereocenters. The third kappa shape index (κ3) is 5.60. The van der Waals surface area contributed by atoms with Crippen LogP contribution in [-0.4, -0.2) is 18.1 Å². The van der Waals surface area contributed by atoms with Crippen molar-refractivity contribution in [1.29, 1.82) is 0 Å². The Hall–Kier alpha value is -1.19. The summed E-state index contributed by atoms with van der Waals surface area (Å²) in [5.41, 5.74) is 2.58. The minimum atomic E-state index is 0.564. The van der Waals surface area contributed by atoms with Crippen molar-refractivity contribution in [2.75, 3.05) is 13.1 Å². The van der Waals surface area contributed by atoms with Crippen LogP contribution in [0.3, 0.4) is 0 Å². The van der Waals surface area contributed by atoms with Crippen LogP contribution in [0.2, 0.25) is 0 Å². The van der Waals surface area contributed by atoms with E-state index >= 15 is 0 Å². The maximum atomic E-state index is 4.58. The van der Waals surface area contributed by atoms with Crippen LogP contribution < -0.4 is 5.32 Å². The lowest BCUT2D eigenvalue weighted by Gasteiger charge is -2.18. The van der Waals surface area contributed by atoms with Crippen molar-refractivity contribution < 1.29 is 0 Å². The molecule has 1 atom stereocenters. The highest BCUT2D eigenvalue weighted by molar-refractivity contribution is 7.09. The van der Waals surface area contributed by atoms with E-state index in [1.807, 2.05) is 0 Å². The molecule has 2 rings (SSSR count). The molecule has 0 saturated carbocycles. The van der Waals surface area contributed by atoms with Gasteiger partial charge in [-0.25, -0.2) is 4.98 Å². The number of rotatable bonds is 8. The smallest absolute Gasteiger partial charge is 0.0928 e. The summed E-state index contributed by atoms with van der Waals surface area (Å²) in [6, 6.07) is 10.9. The van der Waals surface area contributed by atoms with Gasteiger partial charge in [0.2, 0.25) is 0 Å². The average molecular weight is 302 g/mol. The second kappa shape index (κ2) is 8.30. The van der Waals surface area contributed by atoms with Crippen LogP contribution >= 0.6 is 11.3 Å². The fourth-order valence-electron chi connectivity index (χ4n) is 2.47. The minimum absolute atomic E-state index is 0.564.